The Hall–Kier alpha value is -2.57. The van der Waals surface area contributed by atoms with E-state index in [1.165, 1.54) is 13.2 Å². The van der Waals surface area contributed by atoms with Crippen molar-refractivity contribution in [2.24, 2.45) is 0 Å². The highest BCUT2D eigenvalue weighted by Gasteiger charge is 2.17. The fourth-order valence-electron chi connectivity index (χ4n) is 1.42. The van der Waals surface area contributed by atoms with Crippen molar-refractivity contribution in [3.05, 3.63) is 36.5 Å². The van der Waals surface area contributed by atoms with Crippen molar-refractivity contribution in [3.63, 3.8) is 0 Å². The number of nitrogens with one attached hydrogen (secondary N) is 2. The lowest BCUT2D eigenvalue weighted by Gasteiger charge is -2.13. The van der Waals surface area contributed by atoms with E-state index in [0.717, 1.165) is 5.56 Å². The summed E-state index contributed by atoms with van der Waals surface area (Å²) >= 11 is 0. The van der Waals surface area contributed by atoms with Crippen LogP contribution in [0, 0.1) is 0 Å². The Morgan fingerprint density at radius 2 is 2.30 bits per heavy atom. The van der Waals surface area contributed by atoms with E-state index < -0.39 is 18.0 Å². The molecule has 0 radical (unpaired) electrons. The molecular formula is C13H17N3O4. The molecule has 0 aromatic carbocycles. The molecule has 1 rings (SSSR count). The normalized spacial score (nSPS) is 11.2. The van der Waals surface area contributed by atoms with Gasteiger partial charge in [0.15, 0.2) is 0 Å². The molecule has 1 atom stereocenters. The number of hydrogen-bond donors (Lipinski definition) is 3. The number of pyridine rings is 1. The number of carboxylic acids is 1. The first-order chi connectivity index (χ1) is 9.56. The molecule has 1 aromatic heterocycles. The summed E-state index contributed by atoms with van der Waals surface area (Å²) in [6.45, 7) is 3.68. The molecule has 7 heteroatoms. The standard InChI is InChI=1S/C13H17N3O4/c1-3-4-10(12(17)18)16-13(19)15-8-9-5-6-11(20-2)14-7-9/h3,5-7,10H,1,4,8H2,2H3,(H,17,18)(H2,15,16,19). The maximum Gasteiger partial charge on any atom is 0.326 e. The highest BCUT2D eigenvalue weighted by atomic mass is 16.5. The third-order valence-corrected chi connectivity index (χ3v) is 2.47. The van der Waals surface area contributed by atoms with Crippen LogP contribution in [0.25, 0.3) is 0 Å². The maximum absolute atomic E-state index is 11.6. The molecule has 1 aromatic rings. The fourth-order valence-corrected chi connectivity index (χ4v) is 1.42. The fraction of sp³-hybridized carbons (Fsp3) is 0.308. The number of nitrogens with zero attached hydrogens (tertiary/aromatic N) is 1. The molecule has 0 spiro atoms. The Kier molecular flexibility index (Phi) is 6.02. The van der Waals surface area contributed by atoms with Gasteiger partial charge in [-0.3, -0.25) is 0 Å². The van der Waals surface area contributed by atoms with E-state index in [1.54, 1.807) is 18.3 Å². The third-order valence-electron chi connectivity index (χ3n) is 2.47. The molecule has 1 heterocycles. The lowest BCUT2D eigenvalue weighted by molar-refractivity contribution is -0.139. The lowest BCUT2D eigenvalue weighted by atomic mass is 10.2. The number of amides is 2. The van der Waals surface area contributed by atoms with Gasteiger partial charge in [-0.25, -0.2) is 14.6 Å². The van der Waals surface area contributed by atoms with Crippen LogP contribution in [0.15, 0.2) is 31.0 Å². The zero-order valence-corrected chi connectivity index (χ0v) is 11.1. The van der Waals surface area contributed by atoms with Crippen molar-refractivity contribution in [1.82, 2.24) is 15.6 Å². The van der Waals surface area contributed by atoms with E-state index in [-0.39, 0.29) is 13.0 Å². The van der Waals surface area contributed by atoms with Gasteiger partial charge in [-0.1, -0.05) is 12.1 Å². The predicted octanol–water partition coefficient (Wildman–Crippen LogP) is 0.919. The molecule has 0 fully saturated rings. The molecule has 0 saturated carbocycles. The topological polar surface area (TPSA) is 101 Å². The van der Waals surface area contributed by atoms with E-state index >= 15 is 0 Å². The van der Waals surface area contributed by atoms with Gasteiger partial charge in [0.1, 0.15) is 6.04 Å². The largest absolute Gasteiger partial charge is 0.481 e. The average Bonchev–Trinajstić information content (AvgIpc) is 2.45. The Bertz CT molecular complexity index is 473. The number of carboxylic acid groups (broad SMARTS) is 1. The summed E-state index contributed by atoms with van der Waals surface area (Å²) in [4.78, 5) is 26.4. The monoisotopic (exact) mass is 279 g/mol. The minimum absolute atomic E-state index is 0.160. The molecule has 2 amide bonds. The van der Waals surface area contributed by atoms with Crippen molar-refractivity contribution in [2.45, 2.75) is 19.0 Å². The number of urea groups is 1. The number of aromatic nitrogens is 1. The maximum atomic E-state index is 11.6. The Morgan fingerprint density at radius 3 is 2.80 bits per heavy atom. The van der Waals surface area contributed by atoms with Crippen molar-refractivity contribution >= 4 is 12.0 Å². The summed E-state index contributed by atoms with van der Waals surface area (Å²) < 4.78 is 4.92. The van der Waals surface area contributed by atoms with Crippen LogP contribution in [0.1, 0.15) is 12.0 Å². The molecule has 108 valence electrons. The van der Waals surface area contributed by atoms with Gasteiger partial charge >= 0.3 is 12.0 Å². The van der Waals surface area contributed by atoms with Crippen molar-refractivity contribution in [2.75, 3.05) is 7.11 Å². The molecule has 0 bridgehead atoms. The number of hydrogen-bond acceptors (Lipinski definition) is 4. The number of methoxy groups -OCH3 is 1. The second-order valence-corrected chi connectivity index (χ2v) is 3.95. The van der Waals surface area contributed by atoms with Gasteiger partial charge in [0.25, 0.3) is 0 Å². The highest BCUT2D eigenvalue weighted by Crippen LogP contribution is 2.06. The van der Waals surface area contributed by atoms with Crippen molar-refractivity contribution < 1.29 is 19.4 Å². The molecule has 3 N–H and O–H groups in total. The van der Waals surface area contributed by atoms with Gasteiger partial charge < -0.3 is 20.5 Å². The molecule has 0 aliphatic carbocycles. The molecule has 7 nitrogen and oxygen atoms in total. The number of ether oxygens (including phenoxy) is 1. The summed E-state index contributed by atoms with van der Waals surface area (Å²) in [6.07, 6.45) is 3.16. The van der Waals surface area contributed by atoms with Crippen molar-refractivity contribution in [3.8, 4) is 5.88 Å². The third kappa shape index (κ3) is 4.97. The number of carbonyl (C=O) groups is 2. The van der Waals surface area contributed by atoms with Crippen LogP contribution in [0.4, 0.5) is 4.79 Å². The first-order valence-corrected chi connectivity index (χ1v) is 5.93. The zero-order chi connectivity index (χ0) is 15.0. The first kappa shape index (κ1) is 15.5. The van der Waals surface area contributed by atoms with Crippen LogP contribution >= 0.6 is 0 Å². The van der Waals surface area contributed by atoms with E-state index in [4.69, 9.17) is 9.84 Å². The van der Waals surface area contributed by atoms with Gasteiger partial charge in [-0.05, 0) is 12.0 Å². The van der Waals surface area contributed by atoms with Crippen molar-refractivity contribution in [1.29, 1.82) is 0 Å². The number of aliphatic carboxylic acids is 1. The van der Waals surface area contributed by atoms with Crippen LogP contribution in [0.3, 0.4) is 0 Å². The van der Waals surface area contributed by atoms with E-state index in [2.05, 4.69) is 22.2 Å². The minimum Gasteiger partial charge on any atom is -0.481 e. The van der Waals surface area contributed by atoms with Crippen LogP contribution in [0.2, 0.25) is 0 Å². The minimum atomic E-state index is -1.11. The van der Waals surface area contributed by atoms with Gasteiger partial charge in [0, 0.05) is 18.8 Å². The quantitative estimate of drug-likeness (QED) is 0.644. The number of carbonyl (C=O) groups excluding carboxylic acids is 1. The Morgan fingerprint density at radius 1 is 1.55 bits per heavy atom. The average molecular weight is 279 g/mol. The summed E-state index contributed by atoms with van der Waals surface area (Å²) in [5, 5.41) is 13.8. The first-order valence-electron chi connectivity index (χ1n) is 5.93. The smallest absolute Gasteiger partial charge is 0.326 e. The van der Waals surface area contributed by atoms with Crippen LogP contribution < -0.4 is 15.4 Å². The molecule has 0 aliphatic heterocycles. The molecular weight excluding hydrogens is 262 g/mol. The van der Waals surface area contributed by atoms with E-state index in [0.29, 0.717) is 5.88 Å². The van der Waals surface area contributed by atoms with Gasteiger partial charge in [0.2, 0.25) is 5.88 Å². The van der Waals surface area contributed by atoms with E-state index in [1.807, 2.05) is 0 Å². The van der Waals surface area contributed by atoms with Crippen LogP contribution in [-0.2, 0) is 11.3 Å². The molecule has 20 heavy (non-hydrogen) atoms. The van der Waals surface area contributed by atoms with E-state index in [9.17, 15) is 9.59 Å². The van der Waals surface area contributed by atoms with Crippen LogP contribution in [-0.4, -0.2) is 35.2 Å². The van der Waals surface area contributed by atoms with Crippen LogP contribution in [0.5, 0.6) is 5.88 Å². The summed E-state index contributed by atoms with van der Waals surface area (Å²) in [7, 11) is 1.51. The second kappa shape index (κ2) is 7.78. The SMILES string of the molecule is C=CCC(NC(=O)NCc1ccc(OC)nc1)C(=O)O. The molecule has 1 unspecified atom stereocenters. The second-order valence-electron chi connectivity index (χ2n) is 3.95. The number of rotatable bonds is 7. The lowest BCUT2D eigenvalue weighted by Crippen LogP contribution is -2.45. The predicted molar refractivity (Wildman–Crippen MR) is 72.4 cm³/mol. The zero-order valence-electron chi connectivity index (χ0n) is 11.1. The van der Waals surface area contributed by atoms with Gasteiger partial charge in [-0.15, -0.1) is 6.58 Å². The highest BCUT2D eigenvalue weighted by molar-refractivity contribution is 5.82. The Labute approximate surface area is 116 Å². The molecule has 0 aliphatic rings. The summed E-state index contributed by atoms with van der Waals surface area (Å²) in [6, 6.07) is 1.88. The summed E-state index contributed by atoms with van der Waals surface area (Å²) in [5.74, 6) is -0.624. The summed E-state index contributed by atoms with van der Waals surface area (Å²) in [5.41, 5.74) is 0.775. The molecule has 0 saturated heterocycles. The van der Waals surface area contributed by atoms with Gasteiger partial charge in [-0.2, -0.15) is 0 Å². The Balaban J connectivity index is 2.45. The van der Waals surface area contributed by atoms with Gasteiger partial charge in [0.05, 0.1) is 7.11 Å².